The first-order valence-electron chi connectivity index (χ1n) is 9.78. The molecule has 0 heterocycles. The van der Waals surface area contributed by atoms with Crippen LogP contribution in [-0.2, 0) is 16.8 Å². The second-order valence-electron chi connectivity index (χ2n) is 7.42. The molecule has 1 fully saturated rings. The standard InChI is InChI=1S/C22H26FN5O2/c1-25-21(28-14-22(9-10-22)17-3-2-4-18(23)11-17)27-12-15-5-7-16(8-6-15)20(30)26-13-19(24)29/h2-8,11H,9-10,12-14H2,1H3,(H2,24,29)(H,26,30)(H2,25,27,28). The number of hydrogen-bond acceptors (Lipinski definition) is 3. The van der Waals surface area contributed by atoms with Crippen molar-refractivity contribution in [1.29, 1.82) is 0 Å². The Morgan fingerprint density at radius 3 is 2.43 bits per heavy atom. The predicted octanol–water partition coefficient (Wildman–Crippen LogP) is 1.44. The van der Waals surface area contributed by atoms with Crippen molar-refractivity contribution in [1.82, 2.24) is 16.0 Å². The van der Waals surface area contributed by atoms with E-state index in [1.54, 1.807) is 31.3 Å². The van der Waals surface area contributed by atoms with Gasteiger partial charge in [0.1, 0.15) is 5.82 Å². The highest BCUT2D eigenvalue weighted by Gasteiger charge is 2.44. The van der Waals surface area contributed by atoms with Gasteiger partial charge in [0, 0.05) is 31.1 Å². The Labute approximate surface area is 175 Å². The summed E-state index contributed by atoms with van der Waals surface area (Å²) in [5, 5.41) is 9.02. The summed E-state index contributed by atoms with van der Waals surface area (Å²) in [7, 11) is 1.70. The molecule has 158 valence electrons. The van der Waals surface area contributed by atoms with Crippen LogP contribution in [0.3, 0.4) is 0 Å². The van der Waals surface area contributed by atoms with Crippen LogP contribution in [0.15, 0.2) is 53.5 Å². The highest BCUT2D eigenvalue weighted by Crippen LogP contribution is 2.47. The van der Waals surface area contributed by atoms with Crippen molar-refractivity contribution < 1.29 is 14.0 Å². The van der Waals surface area contributed by atoms with Gasteiger partial charge in [-0.1, -0.05) is 24.3 Å². The number of carbonyl (C=O) groups excluding carboxylic acids is 2. The number of hydrogen-bond donors (Lipinski definition) is 4. The number of nitrogens with two attached hydrogens (primary N) is 1. The number of nitrogens with zero attached hydrogens (tertiary/aromatic N) is 1. The summed E-state index contributed by atoms with van der Waals surface area (Å²) in [6.07, 6.45) is 2.03. The maximum absolute atomic E-state index is 13.6. The van der Waals surface area contributed by atoms with Crippen molar-refractivity contribution in [2.45, 2.75) is 24.8 Å². The summed E-state index contributed by atoms with van der Waals surface area (Å²) in [4.78, 5) is 26.9. The van der Waals surface area contributed by atoms with Crippen molar-refractivity contribution >= 4 is 17.8 Å². The lowest BCUT2D eigenvalue weighted by Gasteiger charge is -2.19. The van der Waals surface area contributed by atoms with Gasteiger partial charge in [0.05, 0.1) is 6.54 Å². The van der Waals surface area contributed by atoms with Crippen molar-refractivity contribution in [2.24, 2.45) is 10.7 Å². The van der Waals surface area contributed by atoms with Gasteiger partial charge in [0.2, 0.25) is 5.91 Å². The van der Waals surface area contributed by atoms with Gasteiger partial charge in [-0.2, -0.15) is 0 Å². The van der Waals surface area contributed by atoms with E-state index >= 15 is 0 Å². The zero-order valence-electron chi connectivity index (χ0n) is 16.9. The minimum atomic E-state index is -0.589. The highest BCUT2D eigenvalue weighted by atomic mass is 19.1. The Morgan fingerprint density at radius 1 is 1.10 bits per heavy atom. The molecule has 0 saturated heterocycles. The van der Waals surface area contributed by atoms with Crippen molar-refractivity contribution in [3.8, 4) is 0 Å². The maximum Gasteiger partial charge on any atom is 0.251 e. The average molecular weight is 411 g/mol. The zero-order chi connectivity index (χ0) is 21.6. The average Bonchev–Trinajstić information content (AvgIpc) is 3.54. The molecule has 1 saturated carbocycles. The second kappa shape index (κ2) is 9.39. The van der Waals surface area contributed by atoms with Gasteiger partial charge >= 0.3 is 0 Å². The number of rotatable bonds is 8. The number of halogens is 1. The van der Waals surface area contributed by atoms with E-state index in [1.165, 1.54) is 6.07 Å². The second-order valence-corrected chi connectivity index (χ2v) is 7.42. The van der Waals surface area contributed by atoms with E-state index in [9.17, 15) is 14.0 Å². The van der Waals surface area contributed by atoms with Gasteiger partial charge in [0.15, 0.2) is 5.96 Å². The third-order valence-corrected chi connectivity index (χ3v) is 5.21. The van der Waals surface area contributed by atoms with Crippen LogP contribution in [0.25, 0.3) is 0 Å². The first-order chi connectivity index (χ1) is 14.4. The lowest BCUT2D eigenvalue weighted by Crippen LogP contribution is -2.40. The first kappa shape index (κ1) is 21.3. The molecule has 0 unspecified atom stereocenters. The third kappa shape index (κ3) is 5.56. The molecule has 0 spiro atoms. The zero-order valence-corrected chi connectivity index (χ0v) is 16.9. The molecule has 7 nitrogen and oxygen atoms in total. The van der Waals surface area contributed by atoms with Crippen LogP contribution in [0.5, 0.6) is 0 Å². The summed E-state index contributed by atoms with van der Waals surface area (Å²) < 4.78 is 13.6. The predicted molar refractivity (Wildman–Crippen MR) is 113 cm³/mol. The monoisotopic (exact) mass is 411 g/mol. The summed E-state index contributed by atoms with van der Waals surface area (Å²) in [5.74, 6) is -0.500. The van der Waals surface area contributed by atoms with Gasteiger partial charge < -0.3 is 21.7 Å². The Morgan fingerprint density at radius 2 is 1.83 bits per heavy atom. The van der Waals surface area contributed by atoms with E-state index in [0.717, 1.165) is 24.0 Å². The normalized spacial score (nSPS) is 14.7. The van der Waals surface area contributed by atoms with Crippen LogP contribution in [-0.4, -0.2) is 37.9 Å². The number of amides is 2. The van der Waals surface area contributed by atoms with Crippen LogP contribution < -0.4 is 21.7 Å². The fraction of sp³-hybridized carbons (Fsp3) is 0.318. The smallest absolute Gasteiger partial charge is 0.251 e. The molecule has 0 radical (unpaired) electrons. The molecule has 0 aromatic heterocycles. The van der Waals surface area contributed by atoms with Gasteiger partial charge in [-0.15, -0.1) is 0 Å². The number of nitrogens with one attached hydrogen (secondary N) is 3. The largest absolute Gasteiger partial charge is 0.368 e. The molecule has 5 N–H and O–H groups in total. The SMILES string of the molecule is CN=C(NCc1ccc(C(=O)NCC(N)=O)cc1)NCC1(c2cccc(F)c2)CC1. The Bertz CT molecular complexity index is 939. The van der Waals surface area contributed by atoms with Gasteiger partial charge in [0.25, 0.3) is 5.91 Å². The summed E-state index contributed by atoms with van der Waals surface area (Å²) in [6, 6.07) is 13.8. The minimum absolute atomic E-state index is 0.0420. The van der Waals surface area contributed by atoms with E-state index in [4.69, 9.17) is 5.73 Å². The third-order valence-electron chi connectivity index (χ3n) is 5.21. The molecule has 2 aromatic carbocycles. The molecule has 0 aliphatic heterocycles. The van der Waals surface area contributed by atoms with E-state index in [0.29, 0.717) is 24.6 Å². The van der Waals surface area contributed by atoms with Crippen molar-refractivity contribution in [3.05, 3.63) is 71.0 Å². The van der Waals surface area contributed by atoms with E-state index in [2.05, 4.69) is 20.9 Å². The number of benzene rings is 2. The Hall–Kier alpha value is -3.42. The van der Waals surface area contributed by atoms with Gasteiger partial charge in [-0.3, -0.25) is 14.6 Å². The Kier molecular flexibility index (Phi) is 6.66. The number of aliphatic imine (C=N–C) groups is 1. The molecule has 1 aliphatic carbocycles. The van der Waals surface area contributed by atoms with Crippen LogP contribution >= 0.6 is 0 Å². The van der Waals surface area contributed by atoms with E-state index < -0.39 is 5.91 Å². The number of primary amides is 1. The first-order valence-corrected chi connectivity index (χ1v) is 9.78. The quantitative estimate of drug-likeness (QED) is 0.389. The molecule has 3 rings (SSSR count). The molecule has 8 heteroatoms. The molecule has 2 aromatic rings. The van der Waals surface area contributed by atoms with Crippen LogP contribution in [0.1, 0.15) is 34.3 Å². The van der Waals surface area contributed by atoms with Crippen LogP contribution in [0, 0.1) is 5.82 Å². The van der Waals surface area contributed by atoms with Crippen molar-refractivity contribution in [3.63, 3.8) is 0 Å². The molecule has 30 heavy (non-hydrogen) atoms. The van der Waals surface area contributed by atoms with Gasteiger partial charge in [-0.25, -0.2) is 4.39 Å². The molecule has 0 atom stereocenters. The molecule has 1 aliphatic rings. The van der Waals surface area contributed by atoms with E-state index in [-0.39, 0.29) is 23.7 Å². The summed E-state index contributed by atoms with van der Waals surface area (Å²) >= 11 is 0. The van der Waals surface area contributed by atoms with Gasteiger partial charge in [-0.05, 0) is 48.2 Å². The molecular weight excluding hydrogens is 385 g/mol. The molecule has 2 amide bonds. The molecular formula is C22H26FN5O2. The summed E-state index contributed by atoms with van der Waals surface area (Å²) in [5.41, 5.74) is 7.41. The fourth-order valence-electron chi connectivity index (χ4n) is 3.24. The number of guanidine groups is 1. The molecule has 0 bridgehead atoms. The Balaban J connectivity index is 1.50. The highest BCUT2D eigenvalue weighted by molar-refractivity contribution is 5.96. The maximum atomic E-state index is 13.6. The lowest BCUT2D eigenvalue weighted by atomic mass is 9.96. The van der Waals surface area contributed by atoms with E-state index in [1.807, 2.05) is 18.2 Å². The lowest BCUT2D eigenvalue weighted by molar-refractivity contribution is -0.117. The van der Waals surface area contributed by atoms with Crippen LogP contribution in [0.4, 0.5) is 4.39 Å². The fourth-order valence-corrected chi connectivity index (χ4v) is 3.24. The summed E-state index contributed by atoms with van der Waals surface area (Å²) in [6.45, 7) is 1.01. The topological polar surface area (TPSA) is 109 Å². The van der Waals surface area contributed by atoms with Crippen molar-refractivity contribution in [2.75, 3.05) is 20.1 Å². The minimum Gasteiger partial charge on any atom is -0.368 e. The van der Waals surface area contributed by atoms with Crippen LogP contribution in [0.2, 0.25) is 0 Å². The number of carbonyl (C=O) groups is 2.